The minimum atomic E-state index is 0.551. The molecule has 0 radical (unpaired) electrons. The molecule has 3 N–H and O–H groups in total. The van der Waals surface area contributed by atoms with Gasteiger partial charge in [0.15, 0.2) is 0 Å². The van der Waals surface area contributed by atoms with Crippen molar-refractivity contribution in [3.63, 3.8) is 0 Å². The lowest BCUT2D eigenvalue weighted by molar-refractivity contribution is 0.483. The average Bonchev–Trinajstić information content (AvgIpc) is 3.41. The molecule has 0 aliphatic heterocycles. The van der Waals surface area contributed by atoms with E-state index in [4.69, 9.17) is 10.5 Å². The zero-order chi connectivity index (χ0) is 18.9. The van der Waals surface area contributed by atoms with Gasteiger partial charge in [0.2, 0.25) is 0 Å². The molecule has 0 aliphatic rings. The number of para-hydroxylation sites is 1. The Kier molecular flexibility index (Phi) is 4.07. The van der Waals surface area contributed by atoms with Gasteiger partial charge in [0.05, 0.1) is 0 Å². The molecule has 0 atom stereocenters. The van der Waals surface area contributed by atoms with Crippen LogP contribution in [0.1, 0.15) is 0 Å². The Hall–Kier alpha value is -3.57. The first kappa shape index (κ1) is 16.6. The third-order valence-corrected chi connectivity index (χ3v) is 5.69. The number of thiophene rings is 1. The van der Waals surface area contributed by atoms with Crippen LogP contribution < -0.4 is 10.5 Å². The van der Waals surface area contributed by atoms with Crippen molar-refractivity contribution in [1.29, 1.82) is 0 Å². The summed E-state index contributed by atoms with van der Waals surface area (Å²) >= 11 is 1.69. The molecule has 28 heavy (non-hydrogen) atoms. The second-order valence-electron chi connectivity index (χ2n) is 6.45. The average molecular weight is 383 g/mol. The number of ether oxygens (including phenoxy) is 1. The molecule has 4 nitrogen and oxygen atoms in total. The summed E-state index contributed by atoms with van der Waals surface area (Å²) in [5.74, 6) is 2.17. The van der Waals surface area contributed by atoms with E-state index in [1.807, 2.05) is 67.1 Å². The third-order valence-electron chi connectivity index (χ3n) is 4.68. The smallest absolute Gasteiger partial charge is 0.132 e. The van der Waals surface area contributed by atoms with Crippen LogP contribution in [0.25, 0.3) is 32.3 Å². The van der Waals surface area contributed by atoms with Gasteiger partial charge < -0.3 is 15.5 Å². The zero-order valence-corrected chi connectivity index (χ0v) is 15.7. The molecule has 0 saturated carbocycles. The summed E-state index contributed by atoms with van der Waals surface area (Å²) in [6, 6.07) is 19.9. The number of nitrogens with two attached hydrogens (primary N) is 1. The molecule has 5 aromatic rings. The lowest BCUT2D eigenvalue weighted by atomic mass is 10.0. The van der Waals surface area contributed by atoms with Crippen molar-refractivity contribution in [1.82, 2.24) is 9.97 Å². The number of H-pyrrole nitrogens is 1. The fraction of sp³-hybridized carbons (Fsp3) is 0. The first-order valence-electron chi connectivity index (χ1n) is 8.92. The van der Waals surface area contributed by atoms with E-state index in [1.54, 1.807) is 11.3 Å². The number of benzene rings is 2. The lowest BCUT2D eigenvalue weighted by Gasteiger charge is -2.08. The number of hydrogen-bond acceptors (Lipinski definition) is 4. The minimum Gasteiger partial charge on any atom is -0.457 e. The van der Waals surface area contributed by atoms with Crippen LogP contribution in [0.2, 0.25) is 0 Å². The lowest BCUT2D eigenvalue weighted by Crippen LogP contribution is -1.92. The topological polar surface area (TPSA) is 63.9 Å². The highest BCUT2D eigenvalue weighted by molar-refractivity contribution is 7.18. The Bertz CT molecular complexity index is 1230. The predicted octanol–water partition coefficient (Wildman–Crippen LogP) is 6.33. The van der Waals surface area contributed by atoms with Crippen LogP contribution in [-0.2, 0) is 0 Å². The second kappa shape index (κ2) is 6.87. The van der Waals surface area contributed by atoms with Crippen LogP contribution in [0.3, 0.4) is 0 Å². The SMILES string of the molecule is Nc1ncc(-c2cc[nH]c2)c2scc(-c3ccc(Oc4ccccc4)cc3)c12. The van der Waals surface area contributed by atoms with Crippen LogP contribution >= 0.6 is 11.3 Å². The van der Waals surface area contributed by atoms with Crippen LogP contribution in [0.4, 0.5) is 5.82 Å². The minimum absolute atomic E-state index is 0.551. The van der Waals surface area contributed by atoms with Crippen molar-refractivity contribution in [3.8, 4) is 33.8 Å². The van der Waals surface area contributed by atoms with Crippen LogP contribution in [0.5, 0.6) is 11.5 Å². The second-order valence-corrected chi connectivity index (χ2v) is 7.33. The van der Waals surface area contributed by atoms with Gasteiger partial charge >= 0.3 is 0 Å². The summed E-state index contributed by atoms with van der Waals surface area (Å²) in [4.78, 5) is 7.54. The van der Waals surface area contributed by atoms with Gasteiger partial charge in [-0.25, -0.2) is 4.98 Å². The number of nitrogens with one attached hydrogen (secondary N) is 1. The van der Waals surface area contributed by atoms with Gasteiger partial charge in [-0.2, -0.15) is 0 Å². The predicted molar refractivity (Wildman–Crippen MR) is 116 cm³/mol. The Morgan fingerprint density at radius 2 is 1.64 bits per heavy atom. The summed E-state index contributed by atoms with van der Waals surface area (Å²) in [7, 11) is 0. The molecule has 0 bridgehead atoms. The molecule has 5 heteroatoms. The van der Waals surface area contributed by atoms with Crippen LogP contribution in [-0.4, -0.2) is 9.97 Å². The molecule has 3 heterocycles. The molecule has 0 amide bonds. The van der Waals surface area contributed by atoms with Crippen molar-refractivity contribution >= 4 is 27.2 Å². The van der Waals surface area contributed by atoms with Gasteiger partial charge in [0.25, 0.3) is 0 Å². The number of anilines is 1. The summed E-state index contributed by atoms with van der Waals surface area (Å²) < 4.78 is 7.04. The molecule has 5 rings (SSSR count). The first-order chi connectivity index (χ1) is 13.8. The molecule has 0 unspecified atom stereocenters. The maximum Gasteiger partial charge on any atom is 0.132 e. The largest absolute Gasteiger partial charge is 0.457 e. The number of nitrogens with zero attached hydrogens (tertiary/aromatic N) is 1. The van der Waals surface area contributed by atoms with Crippen molar-refractivity contribution in [3.05, 3.63) is 84.6 Å². The number of rotatable bonds is 4. The van der Waals surface area contributed by atoms with Gasteiger partial charge in [-0.1, -0.05) is 30.3 Å². The van der Waals surface area contributed by atoms with E-state index in [-0.39, 0.29) is 0 Å². The summed E-state index contributed by atoms with van der Waals surface area (Å²) in [6.45, 7) is 0. The molecular formula is C23H17N3OS. The Morgan fingerprint density at radius 1 is 0.857 bits per heavy atom. The van der Waals surface area contributed by atoms with Crippen LogP contribution in [0.15, 0.2) is 84.6 Å². The number of nitrogen functional groups attached to an aromatic ring is 1. The molecule has 3 aromatic heterocycles. The van der Waals surface area contributed by atoms with Crippen molar-refractivity contribution in [2.75, 3.05) is 5.73 Å². The summed E-state index contributed by atoms with van der Waals surface area (Å²) in [5, 5.41) is 3.15. The van der Waals surface area contributed by atoms with E-state index in [1.165, 1.54) is 0 Å². The quantitative estimate of drug-likeness (QED) is 0.381. The van der Waals surface area contributed by atoms with E-state index in [2.05, 4.69) is 27.5 Å². The monoisotopic (exact) mass is 383 g/mol. The molecule has 0 spiro atoms. The van der Waals surface area contributed by atoms with E-state index < -0.39 is 0 Å². The van der Waals surface area contributed by atoms with Crippen molar-refractivity contribution in [2.24, 2.45) is 0 Å². The summed E-state index contributed by atoms with van der Waals surface area (Å²) in [5.41, 5.74) is 10.6. The van der Waals surface area contributed by atoms with Gasteiger partial charge in [0, 0.05) is 45.4 Å². The van der Waals surface area contributed by atoms with Gasteiger partial charge in [-0.3, -0.25) is 0 Å². The first-order valence-corrected chi connectivity index (χ1v) is 9.80. The number of fused-ring (bicyclic) bond motifs is 1. The molecule has 0 saturated heterocycles. The number of aromatic nitrogens is 2. The summed E-state index contributed by atoms with van der Waals surface area (Å²) in [6.07, 6.45) is 5.73. The third kappa shape index (κ3) is 2.92. The Balaban J connectivity index is 1.54. The van der Waals surface area contributed by atoms with Crippen molar-refractivity contribution < 1.29 is 4.74 Å². The highest BCUT2D eigenvalue weighted by Gasteiger charge is 2.15. The normalized spacial score (nSPS) is 11.0. The van der Waals surface area contributed by atoms with E-state index in [0.29, 0.717) is 5.82 Å². The molecule has 0 fully saturated rings. The number of pyridine rings is 1. The van der Waals surface area contributed by atoms with E-state index in [0.717, 1.165) is 43.8 Å². The maximum absolute atomic E-state index is 6.26. The Labute approximate surface area is 166 Å². The zero-order valence-electron chi connectivity index (χ0n) is 14.9. The van der Waals surface area contributed by atoms with Crippen LogP contribution in [0, 0.1) is 0 Å². The molecular weight excluding hydrogens is 366 g/mol. The Morgan fingerprint density at radius 3 is 2.39 bits per heavy atom. The highest BCUT2D eigenvalue weighted by Crippen LogP contribution is 2.42. The standard InChI is InChI=1S/C23H17N3OS/c24-23-21-20(14-28-22(21)19(13-26-23)16-10-11-25-12-16)15-6-8-18(9-7-15)27-17-4-2-1-3-5-17/h1-14,25H,(H2,24,26). The number of hydrogen-bond donors (Lipinski definition) is 2. The molecule has 2 aromatic carbocycles. The van der Waals surface area contributed by atoms with Gasteiger partial charge in [-0.05, 0) is 41.3 Å². The highest BCUT2D eigenvalue weighted by atomic mass is 32.1. The maximum atomic E-state index is 6.26. The van der Waals surface area contributed by atoms with E-state index >= 15 is 0 Å². The fourth-order valence-electron chi connectivity index (χ4n) is 3.30. The fourth-order valence-corrected chi connectivity index (χ4v) is 4.42. The molecule has 136 valence electrons. The molecule has 0 aliphatic carbocycles. The van der Waals surface area contributed by atoms with E-state index in [9.17, 15) is 0 Å². The van der Waals surface area contributed by atoms with Crippen molar-refractivity contribution in [2.45, 2.75) is 0 Å². The van der Waals surface area contributed by atoms with Gasteiger partial charge in [-0.15, -0.1) is 11.3 Å². The van der Waals surface area contributed by atoms with Gasteiger partial charge in [0.1, 0.15) is 17.3 Å². The number of aromatic amines is 1.